The Kier molecular flexibility index (Phi) is 11.5. The van der Waals surface area contributed by atoms with E-state index >= 15 is 4.39 Å². The van der Waals surface area contributed by atoms with E-state index in [-0.39, 0.29) is 71.4 Å². The number of aryl methyl sites for hydroxylation is 1. The largest absolute Gasteiger partial charge is 0.508 e. The zero-order valence-electron chi connectivity index (χ0n) is 40.2. The highest BCUT2D eigenvalue weighted by Gasteiger charge is 2.50. The lowest BCUT2D eigenvalue weighted by molar-refractivity contribution is -0.150. The van der Waals surface area contributed by atoms with Crippen LogP contribution in [0.2, 0.25) is 0 Å². The number of rotatable bonds is 10. The van der Waals surface area contributed by atoms with Crippen LogP contribution in [0.3, 0.4) is 0 Å². The number of ether oxygens (including phenoxy) is 2. The van der Waals surface area contributed by atoms with E-state index in [2.05, 4.69) is 26.9 Å². The van der Waals surface area contributed by atoms with Crippen LogP contribution in [0.25, 0.3) is 32.9 Å². The highest BCUT2D eigenvalue weighted by molar-refractivity contribution is 6.06. The van der Waals surface area contributed by atoms with Gasteiger partial charge in [0.1, 0.15) is 42.0 Å². The van der Waals surface area contributed by atoms with Crippen LogP contribution in [0, 0.1) is 5.82 Å². The molecule has 370 valence electrons. The number of carbonyl (C=O) groups is 4. The standard InChI is InChI=1S/C53H59FN10O7/c1-3-31-6-4-7-32-23-38(65)24-40(44(31)32)46-45(54)47-41(25-55-46)48(62-27-34-8-9-35(28-62)56-34)58-51(57-47)71-30-53-15-5-17-64(53)37(14-16-53)29-70-52(69)61-20-18-60(19-21-61)36-10-11-39-33(22-36)26-63(49(39)67)42-12-13-43(66)59(2)50(42)68/h4,6-7,10-11,22-25,34-35,37,42,56,65H,3,5,8-9,12-21,26-30H2,1-2H3/t34?,35?,37-,42?,53?/m1/s1. The number of piperazine rings is 2. The number of anilines is 2. The van der Waals surface area contributed by atoms with E-state index in [4.69, 9.17) is 24.4 Å². The molecule has 5 atom stereocenters. The van der Waals surface area contributed by atoms with Gasteiger partial charge in [-0.2, -0.15) is 9.97 Å². The van der Waals surface area contributed by atoms with Crippen LogP contribution in [-0.4, -0.2) is 159 Å². The van der Waals surface area contributed by atoms with E-state index in [9.17, 15) is 24.3 Å². The fourth-order valence-electron chi connectivity index (χ4n) is 12.8. The summed E-state index contributed by atoms with van der Waals surface area (Å²) in [5.41, 5.74) is 3.84. The first-order valence-electron chi connectivity index (χ1n) is 25.4. The predicted molar refractivity (Wildman–Crippen MR) is 263 cm³/mol. The molecule has 2 aromatic heterocycles. The molecule has 0 saturated carbocycles. The molecule has 4 amide bonds. The molecule has 7 aliphatic heterocycles. The van der Waals surface area contributed by atoms with Crippen LogP contribution in [0.15, 0.2) is 54.7 Å². The van der Waals surface area contributed by atoms with Gasteiger partial charge in [0, 0.05) is 100 Å². The molecule has 3 aromatic carbocycles. The second-order valence-electron chi connectivity index (χ2n) is 20.6. The third-order valence-corrected chi connectivity index (χ3v) is 16.6. The number of pyridine rings is 1. The third-order valence-electron chi connectivity index (χ3n) is 16.6. The molecule has 0 aliphatic carbocycles. The van der Waals surface area contributed by atoms with E-state index in [0.717, 1.165) is 97.1 Å². The molecular weight excluding hydrogens is 908 g/mol. The molecule has 0 spiro atoms. The Hall–Kier alpha value is -6.66. The number of phenols is 1. The maximum absolute atomic E-state index is 17.3. The van der Waals surface area contributed by atoms with Crippen LogP contribution in [0.5, 0.6) is 11.8 Å². The van der Waals surface area contributed by atoms with Crippen molar-refractivity contribution in [1.82, 2.24) is 39.9 Å². The lowest BCUT2D eigenvalue weighted by Crippen LogP contribution is -2.53. The topological polar surface area (TPSA) is 177 Å². The minimum Gasteiger partial charge on any atom is -0.508 e. The minimum atomic E-state index is -0.652. The first kappa shape index (κ1) is 45.5. The van der Waals surface area contributed by atoms with Crippen molar-refractivity contribution in [2.45, 2.75) is 101 Å². The molecule has 6 fully saturated rings. The van der Waals surface area contributed by atoms with Gasteiger partial charge in [0.2, 0.25) is 5.91 Å². The van der Waals surface area contributed by atoms with Crippen molar-refractivity contribution >= 4 is 57.0 Å². The summed E-state index contributed by atoms with van der Waals surface area (Å²) in [7, 11) is 1.47. The number of fused-ring (bicyclic) bond motifs is 6. The summed E-state index contributed by atoms with van der Waals surface area (Å²) in [6, 6.07) is 15.0. The van der Waals surface area contributed by atoms with Gasteiger partial charge in [0.05, 0.1) is 10.9 Å². The van der Waals surface area contributed by atoms with Crippen molar-refractivity contribution < 1.29 is 38.1 Å². The van der Waals surface area contributed by atoms with Crippen molar-refractivity contribution in [3.63, 3.8) is 0 Å². The Bertz CT molecular complexity index is 2990. The normalized spacial score (nSPS) is 25.5. The summed E-state index contributed by atoms with van der Waals surface area (Å²) in [4.78, 5) is 77.7. The Morgan fingerprint density at radius 1 is 0.930 bits per heavy atom. The Morgan fingerprint density at radius 3 is 2.55 bits per heavy atom. The molecule has 12 rings (SSSR count). The number of aromatic nitrogens is 3. The summed E-state index contributed by atoms with van der Waals surface area (Å²) >= 11 is 0. The highest BCUT2D eigenvalue weighted by Crippen LogP contribution is 2.44. The Balaban J connectivity index is 0.714. The summed E-state index contributed by atoms with van der Waals surface area (Å²) in [6.45, 7) is 7.38. The number of hydrogen-bond acceptors (Lipinski definition) is 14. The van der Waals surface area contributed by atoms with E-state index in [1.807, 2.05) is 36.4 Å². The van der Waals surface area contributed by atoms with Crippen molar-refractivity contribution in [3.05, 3.63) is 77.2 Å². The van der Waals surface area contributed by atoms with Gasteiger partial charge in [0.15, 0.2) is 5.82 Å². The molecule has 17 nitrogen and oxygen atoms in total. The van der Waals surface area contributed by atoms with E-state index in [0.29, 0.717) is 80.2 Å². The molecule has 5 aromatic rings. The van der Waals surface area contributed by atoms with E-state index in [1.54, 1.807) is 28.1 Å². The number of halogens is 1. The minimum absolute atomic E-state index is 0.0189. The van der Waals surface area contributed by atoms with Gasteiger partial charge in [-0.15, -0.1) is 0 Å². The van der Waals surface area contributed by atoms with Gasteiger partial charge in [-0.05, 0) is 110 Å². The summed E-state index contributed by atoms with van der Waals surface area (Å²) in [5, 5.41) is 16.7. The fourth-order valence-corrected chi connectivity index (χ4v) is 12.8. The number of piperidine rings is 1. The molecule has 18 heteroatoms. The molecule has 2 bridgehead atoms. The highest BCUT2D eigenvalue weighted by atomic mass is 19.1. The number of likely N-dealkylation sites (tertiary alicyclic amines) is 1. The molecule has 6 saturated heterocycles. The van der Waals surface area contributed by atoms with Gasteiger partial charge in [-0.3, -0.25) is 29.2 Å². The second kappa shape index (κ2) is 17.9. The van der Waals surface area contributed by atoms with Gasteiger partial charge >= 0.3 is 12.1 Å². The molecule has 0 radical (unpaired) electrons. The maximum Gasteiger partial charge on any atom is 0.409 e. The number of hydrogen-bond donors (Lipinski definition) is 2. The number of nitrogens with zero attached hydrogens (tertiary/aromatic N) is 9. The number of nitrogens with one attached hydrogen (secondary N) is 1. The first-order valence-corrected chi connectivity index (χ1v) is 25.4. The average Bonchev–Trinajstić information content (AvgIpc) is 4.14. The van der Waals surface area contributed by atoms with E-state index < -0.39 is 11.9 Å². The maximum atomic E-state index is 17.3. The van der Waals surface area contributed by atoms with Crippen LogP contribution < -0.4 is 19.9 Å². The lowest BCUT2D eigenvalue weighted by Gasteiger charge is -2.37. The summed E-state index contributed by atoms with van der Waals surface area (Å²) < 4.78 is 29.9. The van der Waals surface area contributed by atoms with Gasteiger partial charge in [-0.1, -0.05) is 25.1 Å². The Morgan fingerprint density at radius 2 is 1.75 bits per heavy atom. The lowest BCUT2D eigenvalue weighted by atomic mass is 9.95. The average molecular weight is 967 g/mol. The SMILES string of the molecule is CCc1cccc2cc(O)cc(-c3ncc4c(N5CC6CCC(C5)N6)nc(OCC56CCCN5[C@@H](COC(=O)N5CCN(c7ccc8c(c7)CN(C7CCC(=O)N(C)C7=O)C8=O)CC5)CC6)nc4c3F)c12. The number of carbonyl (C=O) groups excluding carboxylic acids is 4. The number of benzene rings is 3. The molecule has 7 aliphatic rings. The number of aromatic hydroxyl groups is 1. The van der Waals surface area contributed by atoms with Crippen molar-refractivity contribution in [1.29, 1.82) is 0 Å². The third kappa shape index (κ3) is 7.93. The molecular formula is C53H59FN10O7. The molecule has 71 heavy (non-hydrogen) atoms. The fraction of sp³-hybridized carbons (Fsp3) is 0.491. The van der Waals surface area contributed by atoms with Gasteiger partial charge in [0.25, 0.3) is 11.8 Å². The second-order valence-corrected chi connectivity index (χ2v) is 20.6. The summed E-state index contributed by atoms with van der Waals surface area (Å²) in [6.07, 6.45) is 8.30. The van der Waals surface area contributed by atoms with E-state index in [1.165, 1.54) is 7.05 Å². The van der Waals surface area contributed by atoms with Crippen LogP contribution in [0.4, 0.5) is 20.7 Å². The molecule has 4 unspecified atom stereocenters. The zero-order chi connectivity index (χ0) is 48.7. The molecule has 2 N–H and O–H groups in total. The Labute approximate surface area is 410 Å². The quantitative estimate of drug-likeness (QED) is 0.165. The van der Waals surface area contributed by atoms with Crippen LogP contribution in [0.1, 0.15) is 79.8 Å². The smallest absolute Gasteiger partial charge is 0.409 e. The van der Waals surface area contributed by atoms with Gasteiger partial charge < -0.3 is 39.5 Å². The van der Waals surface area contributed by atoms with Crippen molar-refractivity contribution in [3.8, 4) is 23.0 Å². The summed E-state index contributed by atoms with van der Waals surface area (Å²) in [5.74, 6) is -0.719. The zero-order valence-corrected chi connectivity index (χ0v) is 40.2. The monoisotopic (exact) mass is 966 g/mol. The van der Waals surface area contributed by atoms with Crippen LogP contribution >= 0.6 is 0 Å². The molecule has 9 heterocycles. The first-order chi connectivity index (χ1) is 34.4. The van der Waals surface area contributed by atoms with Crippen molar-refractivity contribution in [2.75, 3.05) is 75.9 Å². The number of amides is 4. The number of likely N-dealkylation sites (N-methyl/N-ethyl adjacent to an activating group) is 1. The van der Waals surface area contributed by atoms with Crippen molar-refractivity contribution in [2.24, 2.45) is 0 Å². The number of imide groups is 1. The van der Waals surface area contributed by atoms with Gasteiger partial charge in [-0.25, -0.2) is 9.18 Å². The predicted octanol–water partition coefficient (Wildman–Crippen LogP) is 5.63. The number of phenolic OH excluding ortho intramolecular Hbond substituents is 1. The van der Waals surface area contributed by atoms with Crippen LogP contribution in [-0.2, 0) is 27.3 Å².